The first-order chi connectivity index (χ1) is 13.0. The molecule has 0 aliphatic rings. The first-order valence-corrected chi connectivity index (χ1v) is 9.58. The zero-order chi connectivity index (χ0) is 19.2. The maximum atomic E-state index is 12.5. The van der Waals surface area contributed by atoms with Crippen LogP contribution in [0, 0.1) is 0 Å². The summed E-state index contributed by atoms with van der Waals surface area (Å²) < 4.78 is 6.63. The zero-order valence-corrected chi connectivity index (χ0v) is 17.0. The highest BCUT2D eigenvalue weighted by Crippen LogP contribution is 2.23. The van der Waals surface area contributed by atoms with Gasteiger partial charge in [-0.3, -0.25) is 9.78 Å². The molecular formula is C21H18BrClN2O2. The van der Waals surface area contributed by atoms with Crippen LogP contribution in [0.2, 0.25) is 5.02 Å². The number of nitrogens with one attached hydrogen (secondary N) is 1. The zero-order valence-electron chi connectivity index (χ0n) is 14.7. The van der Waals surface area contributed by atoms with Crippen molar-refractivity contribution < 1.29 is 9.53 Å². The highest BCUT2D eigenvalue weighted by molar-refractivity contribution is 9.10. The first kappa shape index (κ1) is 19.4. The van der Waals surface area contributed by atoms with E-state index in [1.54, 1.807) is 24.4 Å². The van der Waals surface area contributed by atoms with Gasteiger partial charge in [-0.05, 0) is 55.0 Å². The fourth-order valence-electron chi connectivity index (χ4n) is 2.55. The van der Waals surface area contributed by atoms with E-state index < -0.39 is 0 Å². The lowest BCUT2D eigenvalue weighted by atomic mass is 10.1. The molecule has 1 heterocycles. The largest absolute Gasteiger partial charge is 0.487 e. The van der Waals surface area contributed by atoms with Crippen molar-refractivity contribution in [1.29, 1.82) is 0 Å². The Labute approximate surface area is 171 Å². The smallest absolute Gasteiger partial charge is 0.253 e. The van der Waals surface area contributed by atoms with Gasteiger partial charge in [-0.2, -0.15) is 0 Å². The van der Waals surface area contributed by atoms with E-state index in [-0.39, 0.29) is 11.9 Å². The average molecular weight is 446 g/mol. The summed E-state index contributed by atoms with van der Waals surface area (Å²) in [6.45, 7) is 2.31. The topological polar surface area (TPSA) is 51.2 Å². The lowest BCUT2D eigenvalue weighted by Crippen LogP contribution is -2.26. The number of hydrogen-bond donors (Lipinski definition) is 1. The molecule has 2 aromatic carbocycles. The third-order valence-corrected chi connectivity index (χ3v) is 4.80. The summed E-state index contributed by atoms with van der Waals surface area (Å²) in [6.07, 6.45) is 1.74. The molecule has 4 nitrogen and oxygen atoms in total. The number of pyridine rings is 1. The Kier molecular flexibility index (Phi) is 6.48. The average Bonchev–Trinajstić information content (AvgIpc) is 2.67. The molecule has 1 N–H and O–H groups in total. The van der Waals surface area contributed by atoms with Crippen LogP contribution in [0.1, 0.15) is 34.6 Å². The van der Waals surface area contributed by atoms with Crippen molar-refractivity contribution in [3.63, 3.8) is 0 Å². The van der Waals surface area contributed by atoms with Crippen LogP contribution in [0.5, 0.6) is 5.75 Å². The minimum absolute atomic E-state index is 0.199. The summed E-state index contributed by atoms with van der Waals surface area (Å²) in [5, 5.41) is 3.37. The van der Waals surface area contributed by atoms with Crippen molar-refractivity contribution in [2.24, 2.45) is 0 Å². The van der Waals surface area contributed by atoms with E-state index in [1.807, 2.05) is 49.4 Å². The van der Waals surface area contributed by atoms with Gasteiger partial charge in [0.25, 0.3) is 5.91 Å². The Morgan fingerprint density at radius 1 is 1.19 bits per heavy atom. The summed E-state index contributed by atoms with van der Waals surface area (Å²) in [5.74, 6) is 0.501. The van der Waals surface area contributed by atoms with E-state index in [9.17, 15) is 4.79 Å². The van der Waals surface area contributed by atoms with Crippen LogP contribution in [0.25, 0.3) is 0 Å². The van der Waals surface area contributed by atoms with E-state index in [4.69, 9.17) is 16.3 Å². The number of amides is 1. The van der Waals surface area contributed by atoms with Gasteiger partial charge in [-0.1, -0.05) is 45.7 Å². The predicted molar refractivity (Wildman–Crippen MR) is 110 cm³/mol. The van der Waals surface area contributed by atoms with Gasteiger partial charge in [-0.15, -0.1) is 0 Å². The maximum Gasteiger partial charge on any atom is 0.253 e. The van der Waals surface area contributed by atoms with E-state index >= 15 is 0 Å². The number of benzene rings is 2. The Bertz CT molecular complexity index is 934. The van der Waals surface area contributed by atoms with Gasteiger partial charge >= 0.3 is 0 Å². The number of aromatic nitrogens is 1. The predicted octanol–water partition coefficient (Wildman–Crippen LogP) is 5.57. The normalized spacial score (nSPS) is 11.7. The molecule has 3 aromatic rings. The molecule has 0 aliphatic heterocycles. The van der Waals surface area contributed by atoms with Crippen LogP contribution in [-0.4, -0.2) is 10.9 Å². The molecule has 1 unspecified atom stereocenters. The van der Waals surface area contributed by atoms with Crippen molar-refractivity contribution >= 4 is 33.4 Å². The summed E-state index contributed by atoms with van der Waals surface area (Å²) in [6, 6.07) is 18.3. The second-order valence-electron chi connectivity index (χ2n) is 6.00. The van der Waals surface area contributed by atoms with Gasteiger partial charge < -0.3 is 10.1 Å². The molecule has 0 saturated carbocycles. The third kappa shape index (κ3) is 5.31. The molecule has 0 spiro atoms. The van der Waals surface area contributed by atoms with Crippen molar-refractivity contribution in [3.8, 4) is 5.75 Å². The van der Waals surface area contributed by atoms with E-state index in [2.05, 4.69) is 26.2 Å². The van der Waals surface area contributed by atoms with Crippen LogP contribution in [0.3, 0.4) is 0 Å². The number of ether oxygens (including phenoxy) is 1. The van der Waals surface area contributed by atoms with E-state index in [0.29, 0.717) is 17.2 Å². The van der Waals surface area contributed by atoms with Crippen molar-refractivity contribution in [2.75, 3.05) is 0 Å². The molecule has 6 heteroatoms. The molecule has 1 atom stereocenters. The highest BCUT2D eigenvalue weighted by atomic mass is 79.9. The van der Waals surface area contributed by atoms with Crippen LogP contribution < -0.4 is 10.1 Å². The number of halogens is 2. The number of rotatable bonds is 6. The molecular weight excluding hydrogens is 428 g/mol. The van der Waals surface area contributed by atoms with Crippen molar-refractivity contribution in [1.82, 2.24) is 10.3 Å². The van der Waals surface area contributed by atoms with Gasteiger partial charge in [-0.25, -0.2) is 0 Å². The number of nitrogens with zero attached hydrogens (tertiary/aromatic N) is 1. The molecule has 0 fully saturated rings. The lowest BCUT2D eigenvalue weighted by Gasteiger charge is -2.16. The number of carbonyl (C=O) groups is 1. The van der Waals surface area contributed by atoms with Crippen molar-refractivity contribution in [3.05, 3.63) is 93.2 Å². The molecule has 138 valence electrons. The third-order valence-electron chi connectivity index (χ3n) is 3.99. The molecule has 27 heavy (non-hydrogen) atoms. The number of carbonyl (C=O) groups excluding carboxylic acids is 1. The fraction of sp³-hybridized carbons (Fsp3) is 0.143. The second-order valence-corrected chi connectivity index (χ2v) is 7.32. The fourth-order valence-corrected chi connectivity index (χ4v) is 3.31. The SMILES string of the molecule is CC(NC(=O)c1ccc(Br)cc1Cl)c1cccc(OCc2ccccn2)c1. The maximum absolute atomic E-state index is 12.5. The minimum Gasteiger partial charge on any atom is -0.487 e. The van der Waals surface area contributed by atoms with Gasteiger partial charge in [0.2, 0.25) is 0 Å². The molecule has 0 saturated heterocycles. The summed E-state index contributed by atoms with van der Waals surface area (Å²) in [4.78, 5) is 16.7. The first-order valence-electron chi connectivity index (χ1n) is 8.41. The standard InChI is InChI=1S/C21H18BrClN2O2/c1-14(25-21(26)19-9-8-16(22)12-20(19)23)15-5-4-7-18(11-15)27-13-17-6-2-3-10-24-17/h2-12,14H,13H2,1H3,(H,25,26). The molecule has 1 aromatic heterocycles. The van der Waals surface area contributed by atoms with Gasteiger partial charge in [0, 0.05) is 10.7 Å². The molecule has 1 amide bonds. The Morgan fingerprint density at radius 2 is 2.04 bits per heavy atom. The molecule has 0 aliphatic carbocycles. The van der Waals surface area contributed by atoms with Crippen molar-refractivity contribution in [2.45, 2.75) is 19.6 Å². The molecule has 3 rings (SSSR count). The quantitative estimate of drug-likeness (QED) is 0.540. The second kappa shape index (κ2) is 9.02. The Hall–Kier alpha value is -2.37. The van der Waals surface area contributed by atoms with Crippen LogP contribution in [0.15, 0.2) is 71.3 Å². The summed E-state index contributed by atoms with van der Waals surface area (Å²) >= 11 is 9.50. The van der Waals surface area contributed by atoms with E-state index in [1.165, 1.54) is 0 Å². The molecule has 0 bridgehead atoms. The summed E-state index contributed by atoms with van der Waals surface area (Å²) in [7, 11) is 0. The van der Waals surface area contributed by atoms with Crippen LogP contribution in [-0.2, 0) is 6.61 Å². The highest BCUT2D eigenvalue weighted by Gasteiger charge is 2.15. The summed E-state index contributed by atoms with van der Waals surface area (Å²) in [5.41, 5.74) is 2.23. The lowest BCUT2D eigenvalue weighted by molar-refractivity contribution is 0.0940. The Morgan fingerprint density at radius 3 is 2.78 bits per heavy atom. The van der Waals surface area contributed by atoms with Crippen LogP contribution in [0.4, 0.5) is 0 Å². The Balaban J connectivity index is 1.66. The molecule has 0 radical (unpaired) electrons. The van der Waals surface area contributed by atoms with E-state index in [0.717, 1.165) is 21.5 Å². The van der Waals surface area contributed by atoms with Gasteiger partial charge in [0.15, 0.2) is 0 Å². The monoisotopic (exact) mass is 444 g/mol. The number of hydrogen-bond acceptors (Lipinski definition) is 3. The van der Waals surface area contributed by atoms with Crippen LogP contribution >= 0.6 is 27.5 Å². The van der Waals surface area contributed by atoms with Gasteiger partial charge in [0.05, 0.1) is 22.3 Å². The minimum atomic E-state index is -0.222. The van der Waals surface area contributed by atoms with Gasteiger partial charge in [0.1, 0.15) is 12.4 Å².